The predicted octanol–water partition coefficient (Wildman–Crippen LogP) is 1.14. The van der Waals surface area contributed by atoms with Crippen molar-refractivity contribution in [2.75, 3.05) is 0 Å². The summed E-state index contributed by atoms with van der Waals surface area (Å²) in [5.41, 5.74) is -0.0681. The minimum absolute atomic E-state index is 0.0880. The van der Waals surface area contributed by atoms with E-state index in [4.69, 9.17) is 9.84 Å². The molecule has 0 aromatic heterocycles. The number of aliphatic carboxylic acids is 1. The van der Waals surface area contributed by atoms with Gasteiger partial charge in [0.25, 0.3) is 0 Å². The zero-order valence-corrected chi connectivity index (χ0v) is 12.3. The van der Waals surface area contributed by atoms with Crippen LogP contribution < -0.4 is 5.32 Å². The van der Waals surface area contributed by atoms with Crippen LogP contribution in [-0.4, -0.2) is 34.6 Å². The summed E-state index contributed by atoms with van der Waals surface area (Å²) in [4.78, 5) is 34.4. The van der Waals surface area contributed by atoms with E-state index in [9.17, 15) is 14.4 Å². The first kappa shape index (κ1) is 16.7. The lowest BCUT2D eigenvalue weighted by molar-refractivity contribution is -0.164. The first-order chi connectivity index (χ1) is 9.69. The minimum atomic E-state index is -1.21. The van der Waals surface area contributed by atoms with Gasteiger partial charge in [-0.25, -0.2) is 9.59 Å². The van der Waals surface area contributed by atoms with E-state index in [2.05, 4.69) is 5.32 Å². The summed E-state index contributed by atoms with van der Waals surface area (Å²) in [6.07, 6.45) is 0.0880. The highest BCUT2D eigenvalue weighted by atomic mass is 16.6. The number of carbonyl (C=O) groups is 3. The Kier molecular flexibility index (Phi) is 5.46. The van der Waals surface area contributed by atoms with E-state index < -0.39 is 29.5 Å². The minimum Gasteiger partial charge on any atom is -0.480 e. The van der Waals surface area contributed by atoms with Crippen molar-refractivity contribution in [2.45, 2.75) is 38.8 Å². The molecule has 0 aliphatic rings. The summed E-state index contributed by atoms with van der Waals surface area (Å²) in [6, 6.07) is 7.64. The molecular formula is C15H19NO5. The Morgan fingerprint density at radius 2 is 1.76 bits per heavy atom. The second-order valence-electron chi connectivity index (χ2n) is 5.56. The second kappa shape index (κ2) is 6.88. The van der Waals surface area contributed by atoms with Crippen molar-refractivity contribution in [3.63, 3.8) is 0 Å². The Balaban J connectivity index is 2.69. The van der Waals surface area contributed by atoms with Gasteiger partial charge in [-0.15, -0.1) is 0 Å². The summed E-state index contributed by atoms with van der Waals surface area (Å²) in [7, 11) is 0. The maximum Gasteiger partial charge on any atom is 0.397 e. The number of carboxylic acids is 1. The molecule has 1 rings (SSSR count). The van der Waals surface area contributed by atoms with Crippen LogP contribution in [0.1, 0.15) is 26.3 Å². The molecule has 0 heterocycles. The smallest absolute Gasteiger partial charge is 0.397 e. The summed E-state index contributed by atoms with van der Waals surface area (Å²) >= 11 is 0. The van der Waals surface area contributed by atoms with Crippen LogP contribution in [0.3, 0.4) is 0 Å². The molecule has 21 heavy (non-hydrogen) atoms. The molecule has 0 radical (unpaired) electrons. The lowest BCUT2D eigenvalue weighted by atomic mass is 10.1. The molecule has 0 aliphatic carbocycles. The molecule has 0 unspecified atom stereocenters. The topological polar surface area (TPSA) is 92.7 Å². The fourth-order valence-electron chi connectivity index (χ4n) is 1.59. The molecular weight excluding hydrogens is 274 g/mol. The van der Waals surface area contributed by atoms with E-state index in [1.165, 1.54) is 0 Å². The first-order valence-electron chi connectivity index (χ1n) is 6.49. The summed E-state index contributed by atoms with van der Waals surface area (Å²) in [6.45, 7) is 4.87. The number of hydrogen-bond donors (Lipinski definition) is 2. The quantitative estimate of drug-likeness (QED) is 0.641. The third kappa shape index (κ3) is 6.07. The van der Waals surface area contributed by atoms with Gasteiger partial charge < -0.3 is 15.2 Å². The molecule has 1 atom stereocenters. The third-order valence-corrected chi connectivity index (χ3v) is 2.47. The van der Waals surface area contributed by atoms with Gasteiger partial charge >= 0.3 is 17.8 Å². The summed E-state index contributed by atoms with van der Waals surface area (Å²) < 4.78 is 4.89. The number of rotatable bonds is 4. The highest BCUT2D eigenvalue weighted by Gasteiger charge is 2.27. The average Bonchev–Trinajstić information content (AvgIpc) is 2.36. The fraction of sp³-hybridized carbons (Fsp3) is 0.400. The van der Waals surface area contributed by atoms with Crippen LogP contribution in [0.15, 0.2) is 30.3 Å². The Hall–Kier alpha value is -2.37. The summed E-state index contributed by atoms with van der Waals surface area (Å²) in [5, 5.41) is 11.3. The number of hydrogen-bond acceptors (Lipinski definition) is 4. The monoisotopic (exact) mass is 293 g/mol. The lowest BCUT2D eigenvalue weighted by Gasteiger charge is -2.20. The van der Waals surface area contributed by atoms with Gasteiger partial charge in [-0.2, -0.15) is 0 Å². The second-order valence-corrected chi connectivity index (χ2v) is 5.56. The Labute approximate surface area is 123 Å². The Morgan fingerprint density at radius 3 is 2.24 bits per heavy atom. The summed E-state index contributed by atoms with van der Waals surface area (Å²) in [5.74, 6) is -3.37. The van der Waals surface area contributed by atoms with Crippen molar-refractivity contribution in [3.05, 3.63) is 35.9 Å². The number of carbonyl (C=O) groups excluding carboxylic acids is 2. The van der Waals surface area contributed by atoms with Gasteiger partial charge in [-0.3, -0.25) is 4.79 Å². The van der Waals surface area contributed by atoms with Crippen LogP contribution >= 0.6 is 0 Å². The van der Waals surface area contributed by atoms with Crippen LogP contribution in [0.2, 0.25) is 0 Å². The number of esters is 1. The maximum atomic E-state index is 11.7. The van der Waals surface area contributed by atoms with Gasteiger partial charge in [0.1, 0.15) is 11.6 Å². The highest BCUT2D eigenvalue weighted by molar-refractivity contribution is 6.33. The molecule has 1 amide bonds. The van der Waals surface area contributed by atoms with Crippen LogP contribution in [0.4, 0.5) is 0 Å². The van der Waals surface area contributed by atoms with E-state index in [-0.39, 0.29) is 6.42 Å². The zero-order chi connectivity index (χ0) is 16.0. The number of carboxylic acid groups (broad SMARTS) is 1. The largest absolute Gasteiger partial charge is 0.480 e. The van der Waals surface area contributed by atoms with Crippen molar-refractivity contribution in [2.24, 2.45) is 0 Å². The van der Waals surface area contributed by atoms with Crippen LogP contribution in [0.5, 0.6) is 0 Å². The number of nitrogens with one attached hydrogen (secondary N) is 1. The highest BCUT2D eigenvalue weighted by Crippen LogP contribution is 2.07. The van der Waals surface area contributed by atoms with Gasteiger partial charge in [-0.1, -0.05) is 30.3 Å². The standard InChI is InChI=1S/C15H19NO5/c1-15(2,3)21-14(20)12(17)16-11(13(18)19)9-10-7-5-4-6-8-10/h4-8,11H,9H2,1-3H3,(H,16,17)(H,18,19)/t11-/m0/s1. The molecule has 6 nitrogen and oxygen atoms in total. The van der Waals surface area contributed by atoms with E-state index in [0.717, 1.165) is 5.56 Å². The zero-order valence-electron chi connectivity index (χ0n) is 12.3. The van der Waals surface area contributed by atoms with Crippen molar-refractivity contribution in [1.82, 2.24) is 5.32 Å². The van der Waals surface area contributed by atoms with E-state index in [1.54, 1.807) is 51.1 Å². The van der Waals surface area contributed by atoms with Crippen LogP contribution in [0, 0.1) is 0 Å². The van der Waals surface area contributed by atoms with Gasteiger partial charge in [0.2, 0.25) is 0 Å². The molecule has 2 N–H and O–H groups in total. The van der Waals surface area contributed by atoms with Gasteiger partial charge in [0.15, 0.2) is 0 Å². The number of benzene rings is 1. The van der Waals surface area contributed by atoms with E-state index in [1.807, 2.05) is 0 Å². The van der Waals surface area contributed by atoms with Crippen LogP contribution in [-0.2, 0) is 25.5 Å². The van der Waals surface area contributed by atoms with Crippen molar-refractivity contribution >= 4 is 17.8 Å². The lowest BCUT2D eigenvalue weighted by Crippen LogP contribution is -2.46. The first-order valence-corrected chi connectivity index (χ1v) is 6.49. The normalized spacial score (nSPS) is 12.3. The third-order valence-electron chi connectivity index (χ3n) is 2.47. The van der Waals surface area contributed by atoms with Gasteiger partial charge in [0.05, 0.1) is 0 Å². The molecule has 0 spiro atoms. The van der Waals surface area contributed by atoms with Crippen molar-refractivity contribution in [3.8, 4) is 0 Å². The molecule has 1 aromatic carbocycles. The molecule has 1 aromatic rings. The number of amides is 1. The van der Waals surface area contributed by atoms with Crippen molar-refractivity contribution < 1.29 is 24.2 Å². The molecule has 0 aliphatic heterocycles. The molecule has 0 saturated carbocycles. The van der Waals surface area contributed by atoms with Crippen molar-refractivity contribution in [1.29, 1.82) is 0 Å². The SMILES string of the molecule is CC(C)(C)OC(=O)C(=O)N[C@@H](Cc1ccccc1)C(=O)O. The van der Waals surface area contributed by atoms with Gasteiger partial charge in [0, 0.05) is 6.42 Å². The maximum absolute atomic E-state index is 11.7. The van der Waals surface area contributed by atoms with E-state index >= 15 is 0 Å². The van der Waals surface area contributed by atoms with E-state index in [0.29, 0.717) is 0 Å². The molecule has 6 heteroatoms. The number of ether oxygens (including phenoxy) is 1. The van der Waals surface area contributed by atoms with Gasteiger partial charge in [-0.05, 0) is 26.3 Å². The predicted molar refractivity (Wildman–Crippen MR) is 75.6 cm³/mol. The fourth-order valence-corrected chi connectivity index (χ4v) is 1.59. The molecule has 114 valence electrons. The Bertz CT molecular complexity index is 519. The average molecular weight is 293 g/mol. The molecule has 0 saturated heterocycles. The Morgan fingerprint density at radius 1 is 1.19 bits per heavy atom. The molecule has 0 fully saturated rings. The van der Waals surface area contributed by atoms with Crippen LogP contribution in [0.25, 0.3) is 0 Å². The molecule has 0 bridgehead atoms.